The Morgan fingerprint density at radius 3 is 2.55 bits per heavy atom. The van der Waals surface area contributed by atoms with Gasteiger partial charge in [-0.25, -0.2) is 4.98 Å². The number of hydrogen-bond donors (Lipinski definition) is 1. The number of methoxy groups -OCH3 is 1. The maximum Gasteiger partial charge on any atom is 0.243 e. The maximum atomic E-state index is 13.9. The molecule has 6 heteroatoms. The van der Waals surface area contributed by atoms with Crippen LogP contribution in [-0.4, -0.2) is 28.6 Å². The predicted molar refractivity (Wildman–Crippen MR) is 133 cm³/mol. The number of fused-ring (bicyclic) bond motifs is 1. The SMILES string of the molecule is COc1ccc2nc(-c3cccc(Cl)c3)n(C(C(=O)NC3CCCC3)C3CCCCC3)c2c1. The van der Waals surface area contributed by atoms with Crippen LogP contribution in [0.2, 0.25) is 5.02 Å². The standard InChI is InChI=1S/C27H32ClN3O2/c1-33-22-14-15-23-24(17-22)31(26(30-23)19-10-7-11-20(28)16-19)25(18-8-3-2-4-9-18)27(32)29-21-12-5-6-13-21/h7,10-11,14-18,21,25H,2-6,8-9,12-13H2,1H3,(H,29,32). The fraction of sp³-hybridized carbons (Fsp3) is 0.481. The van der Waals surface area contributed by atoms with Gasteiger partial charge in [-0.3, -0.25) is 4.79 Å². The van der Waals surface area contributed by atoms with Crippen molar-refractivity contribution < 1.29 is 9.53 Å². The number of imidazole rings is 1. The first-order chi connectivity index (χ1) is 16.1. The van der Waals surface area contributed by atoms with Gasteiger partial charge in [0.1, 0.15) is 17.6 Å². The number of hydrogen-bond acceptors (Lipinski definition) is 3. The van der Waals surface area contributed by atoms with Gasteiger partial charge in [-0.2, -0.15) is 0 Å². The van der Waals surface area contributed by atoms with Crippen molar-refractivity contribution in [3.05, 3.63) is 47.5 Å². The molecular formula is C27H32ClN3O2. The van der Waals surface area contributed by atoms with Crippen molar-refractivity contribution in [2.24, 2.45) is 5.92 Å². The molecule has 3 aromatic rings. The van der Waals surface area contributed by atoms with E-state index in [0.717, 1.165) is 53.9 Å². The molecule has 2 aliphatic rings. The van der Waals surface area contributed by atoms with Gasteiger partial charge in [-0.15, -0.1) is 0 Å². The average Bonchev–Trinajstić information content (AvgIpc) is 3.48. The van der Waals surface area contributed by atoms with Crippen molar-refractivity contribution in [1.82, 2.24) is 14.9 Å². The number of aromatic nitrogens is 2. The van der Waals surface area contributed by atoms with E-state index in [9.17, 15) is 4.79 Å². The molecule has 5 rings (SSSR count). The molecule has 2 aliphatic carbocycles. The van der Waals surface area contributed by atoms with E-state index in [1.165, 1.54) is 32.1 Å². The summed E-state index contributed by atoms with van der Waals surface area (Å²) in [5.41, 5.74) is 2.72. The largest absolute Gasteiger partial charge is 0.497 e. The Morgan fingerprint density at radius 1 is 1.06 bits per heavy atom. The Hall–Kier alpha value is -2.53. The minimum Gasteiger partial charge on any atom is -0.497 e. The fourth-order valence-electron chi connectivity index (χ4n) is 5.66. The van der Waals surface area contributed by atoms with Crippen molar-refractivity contribution >= 4 is 28.5 Å². The number of benzene rings is 2. The van der Waals surface area contributed by atoms with E-state index in [0.29, 0.717) is 5.02 Å². The Balaban J connectivity index is 1.67. The molecular weight excluding hydrogens is 434 g/mol. The van der Waals surface area contributed by atoms with E-state index in [1.807, 2.05) is 42.5 Å². The summed E-state index contributed by atoms with van der Waals surface area (Å²) < 4.78 is 7.71. The first-order valence-corrected chi connectivity index (χ1v) is 12.6. The van der Waals surface area contributed by atoms with E-state index >= 15 is 0 Å². The summed E-state index contributed by atoms with van der Waals surface area (Å²) in [6, 6.07) is 13.6. The number of halogens is 1. The normalized spacial score (nSPS) is 18.5. The second kappa shape index (κ2) is 9.76. The molecule has 2 saturated carbocycles. The fourth-order valence-corrected chi connectivity index (χ4v) is 5.85. The van der Waals surface area contributed by atoms with Gasteiger partial charge in [0.05, 0.1) is 18.1 Å². The highest BCUT2D eigenvalue weighted by molar-refractivity contribution is 6.30. The van der Waals surface area contributed by atoms with E-state index < -0.39 is 0 Å². The van der Waals surface area contributed by atoms with E-state index in [2.05, 4.69) is 9.88 Å². The Kier molecular flexibility index (Phi) is 6.59. The van der Waals surface area contributed by atoms with Gasteiger partial charge >= 0.3 is 0 Å². The molecule has 1 N–H and O–H groups in total. The third-order valence-corrected chi connectivity index (χ3v) is 7.56. The van der Waals surface area contributed by atoms with Gasteiger partial charge in [0, 0.05) is 22.7 Å². The van der Waals surface area contributed by atoms with Gasteiger partial charge < -0.3 is 14.6 Å². The second-order valence-corrected chi connectivity index (χ2v) is 9.94. The molecule has 174 valence electrons. The summed E-state index contributed by atoms with van der Waals surface area (Å²) in [4.78, 5) is 18.9. The van der Waals surface area contributed by atoms with Crippen LogP contribution in [0.1, 0.15) is 63.8 Å². The summed E-state index contributed by atoms with van der Waals surface area (Å²) in [5.74, 6) is 1.96. The molecule has 0 saturated heterocycles. The smallest absolute Gasteiger partial charge is 0.243 e. The van der Waals surface area contributed by atoms with Crippen LogP contribution >= 0.6 is 11.6 Å². The van der Waals surface area contributed by atoms with Crippen LogP contribution in [0.4, 0.5) is 0 Å². The minimum absolute atomic E-state index is 0.124. The molecule has 1 unspecified atom stereocenters. The van der Waals surface area contributed by atoms with Gasteiger partial charge in [-0.1, -0.05) is 55.8 Å². The zero-order chi connectivity index (χ0) is 22.8. The second-order valence-electron chi connectivity index (χ2n) is 9.50. The highest BCUT2D eigenvalue weighted by atomic mass is 35.5. The highest BCUT2D eigenvalue weighted by Crippen LogP contribution is 2.39. The molecule has 33 heavy (non-hydrogen) atoms. The van der Waals surface area contributed by atoms with Crippen LogP contribution in [0.3, 0.4) is 0 Å². The van der Waals surface area contributed by atoms with Crippen LogP contribution in [0, 0.1) is 5.92 Å². The molecule has 1 amide bonds. The van der Waals surface area contributed by atoms with Gasteiger partial charge in [0.15, 0.2) is 0 Å². The molecule has 1 atom stereocenters. The average molecular weight is 466 g/mol. The number of rotatable bonds is 6. The molecule has 0 spiro atoms. The maximum absolute atomic E-state index is 13.9. The predicted octanol–water partition coefficient (Wildman–Crippen LogP) is 6.55. The van der Waals surface area contributed by atoms with Crippen molar-refractivity contribution in [3.8, 4) is 17.1 Å². The Labute approximate surface area is 200 Å². The number of carbonyl (C=O) groups excluding carboxylic acids is 1. The third kappa shape index (κ3) is 4.61. The number of carbonyl (C=O) groups is 1. The molecule has 1 aromatic heterocycles. The van der Waals surface area contributed by atoms with Crippen molar-refractivity contribution in [2.75, 3.05) is 7.11 Å². The van der Waals surface area contributed by atoms with Crippen molar-refractivity contribution in [1.29, 1.82) is 0 Å². The molecule has 0 bridgehead atoms. The first-order valence-electron chi connectivity index (χ1n) is 12.3. The highest BCUT2D eigenvalue weighted by Gasteiger charge is 2.35. The molecule has 0 aliphatic heterocycles. The minimum atomic E-state index is -0.308. The van der Waals surface area contributed by atoms with Crippen molar-refractivity contribution in [2.45, 2.75) is 69.9 Å². The number of amides is 1. The molecule has 5 nitrogen and oxygen atoms in total. The lowest BCUT2D eigenvalue weighted by molar-refractivity contribution is -0.126. The van der Waals surface area contributed by atoms with Gasteiger partial charge in [0.2, 0.25) is 5.91 Å². The summed E-state index contributed by atoms with van der Waals surface area (Å²) >= 11 is 6.36. The third-order valence-electron chi connectivity index (χ3n) is 7.32. The number of nitrogens with zero attached hydrogens (tertiary/aromatic N) is 2. The Bertz CT molecular complexity index is 1130. The lowest BCUT2D eigenvalue weighted by Gasteiger charge is -2.32. The summed E-state index contributed by atoms with van der Waals surface area (Å²) in [6.07, 6.45) is 10.2. The van der Waals surface area contributed by atoms with E-state index in [-0.39, 0.29) is 23.9 Å². The van der Waals surface area contributed by atoms with Crippen LogP contribution < -0.4 is 10.1 Å². The summed E-state index contributed by atoms with van der Waals surface area (Å²) in [5, 5.41) is 4.06. The van der Waals surface area contributed by atoms with Gasteiger partial charge in [-0.05, 0) is 55.9 Å². The lowest BCUT2D eigenvalue weighted by Crippen LogP contribution is -2.42. The molecule has 0 radical (unpaired) electrons. The lowest BCUT2D eigenvalue weighted by atomic mass is 9.83. The van der Waals surface area contributed by atoms with Gasteiger partial charge in [0.25, 0.3) is 0 Å². The summed E-state index contributed by atoms with van der Waals surface area (Å²) in [6.45, 7) is 0. The topological polar surface area (TPSA) is 56.2 Å². The van der Waals surface area contributed by atoms with Crippen molar-refractivity contribution in [3.63, 3.8) is 0 Å². The summed E-state index contributed by atoms with van der Waals surface area (Å²) in [7, 11) is 1.67. The molecule has 2 fully saturated rings. The number of nitrogens with one attached hydrogen (secondary N) is 1. The van der Waals surface area contributed by atoms with Crippen LogP contribution in [0.15, 0.2) is 42.5 Å². The number of ether oxygens (including phenoxy) is 1. The van der Waals surface area contributed by atoms with Crippen LogP contribution in [-0.2, 0) is 4.79 Å². The first kappa shape index (κ1) is 22.3. The Morgan fingerprint density at radius 2 is 1.82 bits per heavy atom. The zero-order valence-corrected chi connectivity index (χ0v) is 20.0. The monoisotopic (exact) mass is 465 g/mol. The zero-order valence-electron chi connectivity index (χ0n) is 19.2. The van der Waals surface area contributed by atoms with Crippen LogP contribution in [0.5, 0.6) is 5.75 Å². The molecule has 2 aromatic carbocycles. The van der Waals surface area contributed by atoms with E-state index in [1.54, 1.807) is 7.11 Å². The quantitative estimate of drug-likeness (QED) is 0.449. The van der Waals surface area contributed by atoms with Crippen LogP contribution in [0.25, 0.3) is 22.4 Å². The van der Waals surface area contributed by atoms with E-state index in [4.69, 9.17) is 21.3 Å². The molecule has 1 heterocycles.